The summed E-state index contributed by atoms with van der Waals surface area (Å²) in [6.07, 6.45) is 7.38. The highest BCUT2D eigenvalue weighted by Crippen LogP contribution is 2.38. The first kappa shape index (κ1) is 23.4. The lowest BCUT2D eigenvalue weighted by molar-refractivity contribution is 0.190. The molecule has 0 aromatic heterocycles. The van der Waals surface area contributed by atoms with Gasteiger partial charge in [0.05, 0.1) is 20.2 Å². The van der Waals surface area contributed by atoms with Gasteiger partial charge >= 0.3 is 0 Å². The van der Waals surface area contributed by atoms with Gasteiger partial charge in [0.1, 0.15) is 0 Å². The average molecular weight is 366 g/mol. The van der Waals surface area contributed by atoms with Crippen molar-refractivity contribution < 1.29 is 4.43 Å². The fourth-order valence-electron chi connectivity index (χ4n) is 1.91. The molecule has 0 aliphatic rings. The van der Waals surface area contributed by atoms with Crippen molar-refractivity contribution in [1.29, 1.82) is 5.26 Å². The number of nitrogens with zero attached hydrogens (tertiary/aromatic N) is 1. The predicted octanol–water partition coefficient (Wildman–Crippen LogP) is 6.55. The van der Waals surface area contributed by atoms with E-state index in [9.17, 15) is 0 Å². The Labute approximate surface area is 153 Å². The minimum absolute atomic E-state index is 0.114. The Hall–Kier alpha value is -0.636. The van der Waals surface area contributed by atoms with Gasteiger partial charge in [0.15, 0.2) is 8.32 Å². The summed E-state index contributed by atoms with van der Waals surface area (Å²) in [7, 11) is -3.08. The second-order valence-electron chi connectivity index (χ2n) is 9.65. The Balaban J connectivity index is 5.34. The number of rotatable bonds is 8. The highest BCUT2D eigenvalue weighted by atomic mass is 28.4. The molecular formula is C20H39NOSi2. The molecule has 0 N–H and O–H groups in total. The van der Waals surface area contributed by atoms with Gasteiger partial charge < -0.3 is 4.43 Å². The molecule has 3 atom stereocenters. The minimum atomic E-state index is -1.82. The van der Waals surface area contributed by atoms with E-state index in [-0.39, 0.29) is 11.1 Å². The van der Waals surface area contributed by atoms with Crippen LogP contribution in [0.3, 0.4) is 0 Å². The molecule has 0 saturated heterocycles. The van der Waals surface area contributed by atoms with Crippen molar-refractivity contribution in [2.75, 3.05) is 0 Å². The van der Waals surface area contributed by atoms with Gasteiger partial charge in [-0.1, -0.05) is 78.2 Å². The first-order valence-corrected chi connectivity index (χ1v) is 15.6. The topological polar surface area (TPSA) is 33.0 Å². The monoisotopic (exact) mass is 365 g/mol. The Morgan fingerprint density at radius 1 is 1.00 bits per heavy atom. The van der Waals surface area contributed by atoms with Crippen LogP contribution in [0.15, 0.2) is 23.9 Å². The first-order chi connectivity index (χ1) is 10.7. The van der Waals surface area contributed by atoms with Crippen LogP contribution in [0.4, 0.5) is 0 Å². The van der Waals surface area contributed by atoms with Crippen molar-refractivity contribution >= 4 is 16.4 Å². The quantitative estimate of drug-likeness (QED) is 0.361. The van der Waals surface area contributed by atoms with Crippen LogP contribution in [0, 0.1) is 23.2 Å². The Kier molecular flexibility index (Phi) is 8.93. The van der Waals surface area contributed by atoms with Crippen LogP contribution >= 0.6 is 0 Å². The van der Waals surface area contributed by atoms with Crippen LogP contribution in [0.5, 0.6) is 0 Å². The van der Waals surface area contributed by atoms with Gasteiger partial charge in [-0.25, -0.2) is 0 Å². The van der Waals surface area contributed by atoms with Crippen molar-refractivity contribution in [1.82, 2.24) is 0 Å². The standard InChI is InChI=1S/C20H39NOSi2/c1-17(13-15-21)11-12-18(2)19(14-16-23(6,7)8)22-24(9,10)20(3,4)5/h11-12,14,16-19H,13H2,1-10H3/b12-11+,16-14+/t17-,18-,19-/m1/s1. The van der Waals surface area contributed by atoms with E-state index < -0.39 is 16.4 Å². The van der Waals surface area contributed by atoms with Crippen molar-refractivity contribution in [2.24, 2.45) is 11.8 Å². The highest BCUT2D eigenvalue weighted by molar-refractivity contribution is 6.81. The molecule has 0 bridgehead atoms. The van der Waals surface area contributed by atoms with Gasteiger partial charge in [-0.15, -0.1) is 0 Å². The van der Waals surface area contributed by atoms with E-state index in [4.69, 9.17) is 9.69 Å². The van der Waals surface area contributed by atoms with Crippen molar-refractivity contribution in [2.45, 2.75) is 84.9 Å². The molecule has 4 heteroatoms. The fraction of sp³-hybridized carbons (Fsp3) is 0.750. The molecule has 0 aromatic rings. The number of nitriles is 1. The Morgan fingerprint density at radius 3 is 1.96 bits per heavy atom. The summed E-state index contributed by atoms with van der Waals surface area (Å²) in [4.78, 5) is 0. The summed E-state index contributed by atoms with van der Waals surface area (Å²) in [6.45, 7) is 22.9. The van der Waals surface area contributed by atoms with E-state index in [0.29, 0.717) is 18.3 Å². The van der Waals surface area contributed by atoms with Crippen molar-refractivity contribution in [3.8, 4) is 6.07 Å². The van der Waals surface area contributed by atoms with Crippen LogP contribution in [0.1, 0.15) is 41.0 Å². The van der Waals surface area contributed by atoms with E-state index >= 15 is 0 Å². The van der Waals surface area contributed by atoms with Crippen molar-refractivity contribution in [3.05, 3.63) is 23.9 Å². The molecule has 0 rings (SSSR count). The summed E-state index contributed by atoms with van der Waals surface area (Å²) in [5, 5.41) is 9.02. The first-order valence-electron chi connectivity index (χ1n) is 9.12. The zero-order valence-electron chi connectivity index (χ0n) is 17.6. The lowest BCUT2D eigenvalue weighted by atomic mass is 10.0. The average Bonchev–Trinajstić information content (AvgIpc) is 2.38. The second-order valence-corrected chi connectivity index (χ2v) is 19.5. The Morgan fingerprint density at radius 2 is 1.54 bits per heavy atom. The van der Waals surface area contributed by atoms with E-state index in [1.165, 1.54) is 0 Å². The molecule has 0 radical (unpaired) electrons. The summed E-state index contributed by atoms with van der Waals surface area (Å²) >= 11 is 0. The van der Waals surface area contributed by atoms with E-state index in [2.05, 4.69) is 97.4 Å². The molecule has 0 fully saturated rings. The molecule has 2 nitrogen and oxygen atoms in total. The third kappa shape index (κ3) is 9.01. The SMILES string of the molecule is C[C@H](/C=C/[C@@H](C)[C@@H](/C=C/[Si](C)(C)C)O[Si](C)(C)C(C)(C)C)CC#N. The zero-order valence-corrected chi connectivity index (χ0v) is 19.6. The van der Waals surface area contributed by atoms with Crippen LogP contribution in [0.25, 0.3) is 0 Å². The fourth-order valence-corrected chi connectivity index (χ4v) is 4.00. The number of allylic oxidation sites excluding steroid dienone is 1. The molecule has 24 heavy (non-hydrogen) atoms. The third-order valence-electron chi connectivity index (χ3n) is 4.70. The van der Waals surface area contributed by atoms with Gasteiger partial charge in [-0.05, 0) is 24.1 Å². The third-order valence-corrected chi connectivity index (χ3v) is 10.4. The number of hydrogen-bond acceptors (Lipinski definition) is 2. The molecular weight excluding hydrogens is 326 g/mol. The Bertz CT molecular complexity index is 475. The smallest absolute Gasteiger partial charge is 0.192 e. The maximum absolute atomic E-state index is 8.82. The second kappa shape index (κ2) is 9.17. The molecule has 0 saturated carbocycles. The summed E-state index contributed by atoms with van der Waals surface area (Å²) in [5.74, 6) is 0.611. The van der Waals surface area contributed by atoms with Crippen LogP contribution in [0.2, 0.25) is 37.8 Å². The van der Waals surface area contributed by atoms with Crippen LogP contribution in [-0.4, -0.2) is 22.5 Å². The molecule has 0 spiro atoms. The van der Waals surface area contributed by atoms with Crippen molar-refractivity contribution in [3.63, 3.8) is 0 Å². The predicted molar refractivity (Wildman–Crippen MR) is 112 cm³/mol. The van der Waals surface area contributed by atoms with Crippen LogP contribution in [-0.2, 0) is 4.43 Å². The minimum Gasteiger partial charge on any atom is -0.410 e. The maximum Gasteiger partial charge on any atom is 0.192 e. The van der Waals surface area contributed by atoms with Gasteiger partial charge in [0.25, 0.3) is 0 Å². The van der Waals surface area contributed by atoms with Gasteiger partial charge in [0.2, 0.25) is 0 Å². The molecule has 0 aliphatic carbocycles. The van der Waals surface area contributed by atoms with E-state index in [1.807, 2.05) is 0 Å². The van der Waals surface area contributed by atoms with E-state index in [0.717, 1.165) is 0 Å². The molecule has 0 unspecified atom stereocenters. The van der Waals surface area contributed by atoms with Gasteiger partial charge in [-0.3, -0.25) is 0 Å². The molecule has 0 aromatic carbocycles. The summed E-state index contributed by atoms with van der Waals surface area (Å²) in [5.41, 5.74) is 2.40. The molecule has 138 valence electrons. The van der Waals surface area contributed by atoms with Gasteiger partial charge in [0, 0.05) is 12.3 Å². The normalized spacial score (nSPS) is 17.9. The van der Waals surface area contributed by atoms with E-state index in [1.54, 1.807) is 0 Å². The zero-order chi connectivity index (χ0) is 19.2. The lowest BCUT2D eigenvalue weighted by Crippen LogP contribution is -2.45. The molecule has 0 amide bonds. The van der Waals surface area contributed by atoms with Gasteiger partial charge in [-0.2, -0.15) is 5.26 Å². The summed E-state index contributed by atoms with van der Waals surface area (Å²) < 4.78 is 6.71. The lowest BCUT2D eigenvalue weighted by Gasteiger charge is -2.40. The molecule has 0 heterocycles. The number of hydrogen-bond donors (Lipinski definition) is 0. The molecule has 0 aliphatic heterocycles. The summed E-state index contributed by atoms with van der Waals surface area (Å²) in [6, 6.07) is 2.24. The van der Waals surface area contributed by atoms with Crippen LogP contribution < -0.4 is 0 Å². The largest absolute Gasteiger partial charge is 0.410 e. The highest BCUT2D eigenvalue weighted by Gasteiger charge is 2.39. The maximum atomic E-state index is 8.82.